The summed E-state index contributed by atoms with van der Waals surface area (Å²) in [6.07, 6.45) is -1.94. The zero-order valence-electron chi connectivity index (χ0n) is 16.6. The topological polar surface area (TPSA) is 74.2 Å². The molecule has 0 saturated heterocycles. The number of aromatic nitrogens is 2. The van der Waals surface area contributed by atoms with E-state index in [2.05, 4.69) is 37.8 Å². The molecule has 0 aliphatic rings. The third-order valence-electron chi connectivity index (χ3n) is 3.97. The van der Waals surface area contributed by atoms with Crippen molar-refractivity contribution in [3.05, 3.63) is 39.5 Å². The number of anilines is 1. The fourth-order valence-corrected chi connectivity index (χ4v) is 3.27. The van der Waals surface area contributed by atoms with Crippen molar-refractivity contribution >= 4 is 47.1 Å². The van der Waals surface area contributed by atoms with Crippen LogP contribution in [0.25, 0.3) is 0 Å². The maximum Gasteiger partial charge on any atom is 0.417 e. The predicted molar refractivity (Wildman–Crippen MR) is 122 cm³/mol. The minimum Gasteiger partial charge on any atom is -0.370 e. The van der Waals surface area contributed by atoms with Gasteiger partial charge < -0.3 is 16.0 Å². The number of rotatable bonds is 8. The van der Waals surface area contributed by atoms with Crippen LogP contribution in [0.1, 0.15) is 27.6 Å². The molecule has 2 heterocycles. The molecule has 0 atom stereocenters. The molecule has 0 aliphatic carbocycles. The molecule has 0 bridgehead atoms. The molecule has 2 aromatic heterocycles. The number of hydrogen-bond donors (Lipinski definition) is 3. The summed E-state index contributed by atoms with van der Waals surface area (Å²) in [6.45, 7) is 6.07. The number of nitrogens with one attached hydrogen (secondary N) is 3. The number of aliphatic imine (C=N–C) groups is 1. The van der Waals surface area contributed by atoms with Crippen molar-refractivity contribution in [1.29, 1.82) is 0 Å². The Kier molecular flexibility index (Phi) is 10.6. The van der Waals surface area contributed by atoms with Crippen molar-refractivity contribution in [2.24, 2.45) is 4.99 Å². The van der Waals surface area contributed by atoms with Gasteiger partial charge in [-0.1, -0.05) is 0 Å². The van der Waals surface area contributed by atoms with Crippen molar-refractivity contribution in [3.8, 4) is 0 Å². The summed E-state index contributed by atoms with van der Waals surface area (Å²) in [7, 11) is 1.71. The van der Waals surface area contributed by atoms with E-state index in [-0.39, 0.29) is 24.0 Å². The fourth-order valence-electron chi connectivity index (χ4n) is 2.33. The summed E-state index contributed by atoms with van der Waals surface area (Å²) >= 11 is 1.71. The van der Waals surface area contributed by atoms with Gasteiger partial charge in [0.05, 0.1) is 16.3 Å². The summed E-state index contributed by atoms with van der Waals surface area (Å²) in [5.41, 5.74) is 0.329. The Hall–Kier alpha value is -1.63. The molecule has 29 heavy (non-hydrogen) atoms. The maximum absolute atomic E-state index is 12.5. The Morgan fingerprint density at radius 2 is 1.86 bits per heavy atom. The van der Waals surface area contributed by atoms with Crippen LogP contribution in [0.2, 0.25) is 0 Å². The molecule has 6 nitrogen and oxygen atoms in total. The van der Waals surface area contributed by atoms with Gasteiger partial charge in [0, 0.05) is 44.2 Å². The highest BCUT2D eigenvalue weighted by Gasteiger charge is 2.30. The van der Waals surface area contributed by atoms with E-state index in [1.165, 1.54) is 10.9 Å². The zero-order chi connectivity index (χ0) is 20.6. The van der Waals surface area contributed by atoms with Gasteiger partial charge in [0.1, 0.15) is 5.82 Å². The lowest BCUT2D eigenvalue weighted by Crippen LogP contribution is -2.39. The normalized spacial score (nSPS) is 11.7. The van der Waals surface area contributed by atoms with Crippen molar-refractivity contribution in [1.82, 2.24) is 20.6 Å². The van der Waals surface area contributed by atoms with Crippen LogP contribution in [0, 0.1) is 13.8 Å². The molecule has 0 saturated carbocycles. The SMILES string of the molecule is CN=C(NCCCNc1ccc(C(F)(F)F)cn1)NCCc1nc(C)c(C)s1.I. The van der Waals surface area contributed by atoms with Crippen LogP contribution < -0.4 is 16.0 Å². The molecule has 162 valence electrons. The first-order valence-electron chi connectivity index (χ1n) is 8.94. The highest BCUT2D eigenvalue weighted by atomic mass is 127. The first-order chi connectivity index (χ1) is 13.3. The molecule has 0 aromatic carbocycles. The summed E-state index contributed by atoms with van der Waals surface area (Å²) in [4.78, 5) is 13.7. The van der Waals surface area contributed by atoms with E-state index in [9.17, 15) is 13.2 Å². The third kappa shape index (κ3) is 8.72. The first-order valence-corrected chi connectivity index (χ1v) is 9.76. The van der Waals surface area contributed by atoms with E-state index in [0.29, 0.717) is 24.9 Å². The van der Waals surface area contributed by atoms with Crippen molar-refractivity contribution in [2.45, 2.75) is 32.9 Å². The Morgan fingerprint density at radius 3 is 2.41 bits per heavy atom. The average Bonchev–Trinajstić information content (AvgIpc) is 2.97. The second-order valence-electron chi connectivity index (χ2n) is 6.14. The largest absolute Gasteiger partial charge is 0.417 e. The molecule has 0 aliphatic heterocycles. The van der Waals surface area contributed by atoms with Gasteiger partial charge in [-0.25, -0.2) is 9.97 Å². The Labute approximate surface area is 189 Å². The lowest BCUT2D eigenvalue weighted by Gasteiger charge is -2.12. The number of hydrogen-bond acceptors (Lipinski definition) is 5. The predicted octanol–water partition coefficient (Wildman–Crippen LogP) is 4.00. The van der Waals surface area contributed by atoms with Gasteiger partial charge in [-0.05, 0) is 32.4 Å². The van der Waals surface area contributed by atoms with Crippen LogP contribution in [0.4, 0.5) is 19.0 Å². The molecule has 0 unspecified atom stereocenters. The quantitative estimate of drug-likeness (QED) is 0.204. The van der Waals surface area contributed by atoms with Gasteiger partial charge in [-0.2, -0.15) is 13.2 Å². The van der Waals surface area contributed by atoms with Gasteiger partial charge in [0.2, 0.25) is 0 Å². The van der Waals surface area contributed by atoms with Crippen LogP contribution in [0.3, 0.4) is 0 Å². The van der Waals surface area contributed by atoms with E-state index in [4.69, 9.17) is 0 Å². The highest BCUT2D eigenvalue weighted by Crippen LogP contribution is 2.28. The van der Waals surface area contributed by atoms with E-state index in [1.54, 1.807) is 18.4 Å². The maximum atomic E-state index is 12.5. The van der Waals surface area contributed by atoms with Gasteiger partial charge in [-0.15, -0.1) is 35.3 Å². The average molecular weight is 542 g/mol. The molecular weight excluding hydrogens is 516 g/mol. The molecule has 2 aromatic rings. The van der Waals surface area contributed by atoms with Crippen LogP contribution in [0.15, 0.2) is 23.3 Å². The van der Waals surface area contributed by atoms with Crippen LogP contribution in [-0.2, 0) is 12.6 Å². The zero-order valence-corrected chi connectivity index (χ0v) is 19.7. The molecule has 11 heteroatoms. The second-order valence-corrected chi connectivity index (χ2v) is 7.42. The van der Waals surface area contributed by atoms with E-state index in [0.717, 1.165) is 42.4 Å². The van der Waals surface area contributed by atoms with Crippen molar-refractivity contribution in [2.75, 3.05) is 32.0 Å². The van der Waals surface area contributed by atoms with Crippen LogP contribution >= 0.6 is 35.3 Å². The standard InChI is InChI=1S/C18H25F3N6S.HI/c1-12-13(2)28-16(27-12)7-10-25-17(22-3)24-9-4-8-23-15-6-5-14(11-26-15)18(19,20)21;/h5-6,11H,4,7-10H2,1-3H3,(H,23,26)(H2,22,24,25);1H. The minimum absolute atomic E-state index is 0. The molecule has 3 N–H and O–H groups in total. The summed E-state index contributed by atoms with van der Waals surface area (Å²) in [6, 6.07) is 2.35. The summed E-state index contributed by atoms with van der Waals surface area (Å²) in [5, 5.41) is 10.5. The highest BCUT2D eigenvalue weighted by molar-refractivity contribution is 14.0. The number of pyridine rings is 1. The Morgan fingerprint density at radius 1 is 1.14 bits per heavy atom. The molecule has 0 spiro atoms. The molecule has 2 rings (SSSR count). The summed E-state index contributed by atoms with van der Waals surface area (Å²) in [5.74, 6) is 1.13. The third-order valence-corrected chi connectivity index (χ3v) is 5.10. The molecule has 0 amide bonds. The smallest absolute Gasteiger partial charge is 0.370 e. The lowest BCUT2D eigenvalue weighted by atomic mass is 10.3. The van der Waals surface area contributed by atoms with E-state index >= 15 is 0 Å². The number of halogens is 4. The van der Waals surface area contributed by atoms with Crippen LogP contribution in [-0.4, -0.2) is 42.6 Å². The number of guanidine groups is 1. The Bertz CT molecular complexity index is 757. The summed E-state index contributed by atoms with van der Waals surface area (Å²) < 4.78 is 37.5. The van der Waals surface area contributed by atoms with Gasteiger partial charge in [0.15, 0.2) is 5.96 Å². The molecule has 0 radical (unpaired) electrons. The van der Waals surface area contributed by atoms with E-state index < -0.39 is 11.7 Å². The van der Waals surface area contributed by atoms with Crippen molar-refractivity contribution in [3.63, 3.8) is 0 Å². The lowest BCUT2D eigenvalue weighted by molar-refractivity contribution is -0.137. The van der Waals surface area contributed by atoms with E-state index in [1.807, 2.05) is 6.92 Å². The van der Waals surface area contributed by atoms with Gasteiger partial charge in [0.25, 0.3) is 0 Å². The fraction of sp³-hybridized carbons (Fsp3) is 0.500. The monoisotopic (exact) mass is 542 g/mol. The number of thiazole rings is 1. The Balaban J connectivity index is 0.00000420. The minimum atomic E-state index is -4.37. The number of nitrogens with zero attached hydrogens (tertiary/aromatic N) is 3. The van der Waals surface area contributed by atoms with Crippen LogP contribution in [0.5, 0.6) is 0 Å². The second kappa shape index (κ2) is 12.2. The van der Waals surface area contributed by atoms with Gasteiger partial charge >= 0.3 is 6.18 Å². The van der Waals surface area contributed by atoms with Crippen molar-refractivity contribution < 1.29 is 13.2 Å². The number of aryl methyl sites for hydroxylation is 2. The number of alkyl halides is 3. The molecule has 0 fully saturated rings. The first kappa shape index (κ1) is 25.4. The molecular formula is C18H26F3IN6S. The van der Waals surface area contributed by atoms with Gasteiger partial charge in [-0.3, -0.25) is 4.99 Å².